The van der Waals surface area contributed by atoms with Crippen LogP contribution >= 0.6 is 0 Å². The Balaban J connectivity index is 0. The maximum absolute atomic E-state index is 11.4. The Morgan fingerprint density at radius 3 is 0.864 bits per heavy atom. The lowest BCUT2D eigenvalue weighted by atomic mass is 9.54. The SMILES string of the molecule is CC(C)(C)C(C(=O)O)(C(=O)O)C(C)(C)C.O=C(O)CC(=O)O. The number of hydrogen-bond donors (Lipinski definition) is 4. The van der Waals surface area contributed by atoms with Crippen LogP contribution in [0, 0.1) is 16.2 Å². The molecule has 22 heavy (non-hydrogen) atoms. The molecule has 0 spiro atoms. The molecule has 0 aromatic rings. The number of carbonyl (C=O) groups is 4. The van der Waals surface area contributed by atoms with E-state index in [0.717, 1.165) is 0 Å². The smallest absolute Gasteiger partial charge is 0.322 e. The molecule has 0 atom stereocenters. The predicted octanol–water partition coefficient (Wildman–Crippen LogP) is 1.78. The van der Waals surface area contributed by atoms with Gasteiger partial charge in [-0.05, 0) is 10.8 Å². The molecular formula is C14H24O8. The van der Waals surface area contributed by atoms with Crippen LogP contribution in [0.15, 0.2) is 0 Å². The summed E-state index contributed by atoms with van der Waals surface area (Å²) in [5.41, 5.74) is -3.51. The number of rotatable bonds is 4. The lowest BCUT2D eigenvalue weighted by Gasteiger charge is -2.46. The Labute approximate surface area is 128 Å². The van der Waals surface area contributed by atoms with E-state index >= 15 is 0 Å². The van der Waals surface area contributed by atoms with Gasteiger partial charge < -0.3 is 20.4 Å². The molecule has 0 radical (unpaired) electrons. The lowest BCUT2D eigenvalue weighted by Crippen LogP contribution is -2.57. The summed E-state index contributed by atoms with van der Waals surface area (Å²) in [5, 5.41) is 34.0. The van der Waals surface area contributed by atoms with Crippen LogP contribution in [0.3, 0.4) is 0 Å². The molecule has 0 saturated carbocycles. The molecular weight excluding hydrogens is 296 g/mol. The van der Waals surface area contributed by atoms with E-state index in [0.29, 0.717) is 0 Å². The molecule has 0 rings (SSSR count). The van der Waals surface area contributed by atoms with Gasteiger partial charge in [-0.2, -0.15) is 0 Å². The number of aliphatic carboxylic acids is 4. The van der Waals surface area contributed by atoms with Gasteiger partial charge >= 0.3 is 23.9 Å². The Hall–Kier alpha value is -2.12. The third-order valence-electron chi connectivity index (χ3n) is 3.19. The van der Waals surface area contributed by atoms with Gasteiger partial charge in [-0.25, -0.2) is 0 Å². The zero-order valence-electron chi connectivity index (χ0n) is 13.6. The molecule has 0 unspecified atom stereocenters. The molecule has 0 aliphatic carbocycles. The molecule has 0 heterocycles. The van der Waals surface area contributed by atoms with E-state index in [4.69, 9.17) is 10.2 Å². The van der Waals surface area contributed by atoms with Crippen molar-refractivity contribution in [1.82, 2.24) is 0 Å². The summed E-state index contributed by atoms with van der Waals surface area (Å²) < 4.78 is 0. The molecule has 0 aliphatic rings. The fourth-order valence-corrected chi connectivity index (χ4v) is 2.63. The van der Waals surface area contributed by atoms with Crippen LogP contribution in [0.4, 0.5) is 0 Å². The van der Waals surface area contributed by atoms with E-state index in [-0.39, 0.29) is 0 Å². The summed E-state index contributed by atoms with van der Waals surface area (Å²) in [4.78, 5) is 41.6. The number of carboxylic acids is 4. The first-order chi connectivity index (χ1) is 9.51. The second kappa shape index (κ2) is 7.24. The quantitative estimate of drug-likeness (QED) is 0.572. The van der Waals surface area contributed by atoms with Crippen LogP contribution in [0.2, 0.25) is 0 Å². The van der Waals surface area contributed by atoms with Gasteiger partial charge in [0, 0.05) is 0 Å². The van der Waals surface area contributed by atoms with Crippen LogP contribution in [-0.4, -0.2) is 44.3 Å². The van der Waals surface area contributed by atoms with Crippen LogP contribution in [0.1, 0.15) is 48.0 Å². The third-order valence-corrected chi connectivity index (χ3v) is 3.19. The normalized spacial score (nSPS) is 11.9. The topological polar surface area (TPSA) is 149 Å². The van der Waals surface area contributed by atoms with Gasteiger partial charge in [0.15, 0.2) is 5.41 Å². The first-order valence-electron chi connectivity index (χ1n) is 6.42. The van der Waals surface area contributed by atoms with E-state index in [1.807, 2.05) is 0 Å². The highest BCUT2D eigenvalue weighted by atomic mass is 16.4. The van der Waals surface area contributed by atoms with Gasteiger partial charge in [0.25, 0.3) is 0 Å². The number of carboxylic acid groups (broad SMARTS) is 4. The average Bonchev–Trinajstić information content (AvgIpc) is 2.08. The van der Waals surface area contributed by atoms with Crippen molar-refractivity contribution < 1.29 is 39.6 Å². The summed E-state index contributed by atoms with van der Waals surface area (Å²) in [6, 6.07) is 0. The van der Waals surface area contributed by atoms with Crippen molar-refractivity contribution in [2.75, 3.05) is 0 Å². The van der Waals surface area contributed by atoms with E-state index in [1.165, 1.54) is 0 Å². The Morgan fingerprint density at radius 2 is 0.864 bits per heavy atom. The van der Waals surface area contributed by atoms with Gasteiger partial charge in [0.05, 0.1) is 0 Å². The highest BCUT2D eigenvalue weighted by molar-refractivity contribution is 6.00. The van der Waals surface area contributed by atoms with Crippen LogP contribution in [-0.2, 0) is 19.2 Å². The summed E-state index contributed by atoms with van der Waals surface area (Å²) in [7, 11) is 0. The van der Waals surface area contributed by atoms with Gasteiger partial charge in [-0.3, -0.25) is 19.2 Å². The molecule has 4 N–H and O–H groups in total. The first-order valence-corrected chi connectivity index (χ1v) is 6.42. The fraction of sp³-hybridized carbons (Fsp3) is 0.714. The Kier molecular flexibility index (Phi) is 7.29. The molecule has 0 amide bonds. The molecule has 8 heteroatoms. The summed E-state index contributed by atoms with van der Waals surface area (Å²) >= 11 is 0. The highest BCUT2D eigenvalue weighted by Crippen LogP contribution is 2.51. The number of hydrogen-bond acceptors (Lipinski definition) is 4. The fourth-order valence-electron chi connectivity index (χ4n) is 2.63. The molecule has 0 saturated heterocycles. The molecule has 0 bridgehead atoms. The average molecular weight is 320 g/mol. The van der Waals surface area contributed by atoms with Gasteiger partial charge in [0.2, 0.25) is 0 Å². The predicted molar refractivity (Wildman–Crippen MR) is 76.5 cm³/mol. The van der Waals surface area contributed by atoms with Gasteiger partial charge in [-0.1, -0.05) is 41.5 Å². The van der Waals surface area contributed by atoms with Crippen LogP contribution < -0.4 is 0 Å². The first kappa shape index (κ1) is 22.2. The second-order valence-electron chi connectivity index (χ2n) is 6.82. The summed E-state index contributed by atoms with van der Waals surface area (Å²) in [6.45, 7) is 9.84. The highest BCUT2D eigenvalue weighted by Gasteiger charge is 2.62. The largest absolute Gasteiger partial charge is 0.481 e. The van der Waals surface area contributed by atoms with Crippen molar-refractivity contribution in [1.29, 1.82) is 0 Å². The minimum absolute atomic E-state index is 0.806. The second-order valence-corrected chi connectivity index (χ2v) is 6.82. The van der Waals surface area contributed by atoms with E-state index in [1.54, 1.807) is 41.5 Å². The zero-order valence-corrected chi connectivity index (χ0v) is 13.6. The maximum Gasteiger partial charge on any atom is 0.322 e. The van der Waals surface area contributed by atoms with E-state index in [9.17, 15) is 29.4 Å². The molecule has 0 fully saturated rings. The zero-order chi connectivity index (χ0) is 18.5. The molecule has 0 aromatic heterocycles. The van der Waals surface area contributed by atoms with Crippen LogP contribution in [0.25, 0.3) is 0 Å². The molecule has 0 aromatic carbocycles. The van der Waals surface area contributed by atoms with Gasteiger partial charge in [0.1, 0.15) is 6.42 Å². The summed E-state index contributed by atoms with van der Waals surface area (Å²) in [6.07, 6.45) is -0.806. The minimum Gasteiger partial charge on any atom is -0.481 e. The van der Waals surface area contributed by atoms with Crippen molar-refractivity contribution in [3.8, 4) is 0 Å². The summed E-state index contributed by atoms with van der Waals surface area (Å²) in [5.74, 6) is -5.19. The Morgan fingerprint density at radius 1 is 0.636 bits per heavy atom. The van der Waals surface area contributed by atoms with Crippen LogP contribution in [0.5, 0.6) is 0 Å². The van der Waals surface area contributed by atoms with Crippen molar-refractivity contribution >= 4 is 23.9 Å². The van der Waals surface area contributed by atoms with Crippen molar-refractivity contribution in [3.63, 3.8) is 0 Å². The third kappa shape index (κ3) is 5.01. The van der Waals surface area contributed by atoms with Crippen molar-refractivity contribution in [2.24, 2.45) is 16.2 Å². The maximum atomic E-state index is 11.4. The molecule has 0 aliphatic heterocycles. The monoisotopic (exact) mass is 320 g/mol. The van der Waals surface area contributed by atoms with E-state index in [2.05, 4.69) is 0 Å². The standard InChI is InChI=1S/C11H20O4.C3H4O4/c1-9(2,3)11(7(12)13,8(14)15)10(4,5)6;4-2(5)1-3(6)7/h1-6H3,(H,12,13)(H,14,15);1H2,(H,4,5)(H,6,7). The molecule has 8 nitrogen and oxygen atoms in total. The molecule has 128 valence electrons. The van der Waals surface area contributed by atoms with E-state index < -0.39 is 46.5 Å². The van der Waals surface area contributed by atoms with Crippen molar-refractivity contribution in [3.05, 3.63) is 0 Å². The van der Waals surface area contributed by atoms with Gasteiger partial charge in [-0.15, -0.1) is 0 Å². The van der Waals surface area contributed by atoms with Crippen molar-refractivity contribution in [2.45, 2.75) is 48.0 Å². The minimum atomic E-state index is -1.79. The Bertz CT molecular complexity index is 408. The lowest BCUT2D eigenvalue weighted by molar-refractivity contribution is -0.186.